The van der Waals surface area contributed by atoms with E-state index in [2.05, 4.69) is 10.1 Å². The second kappa shape index (κ2) is 6.23. The minimum absolute atomic E-state index is 0.0455. The van der Waals surface area contributed by atoms with Gasteiger partial charge in [-0.3, -0.25) is 4.79 Å². The number of rotatable bonds is 5. The van der Waals surface area contributed by atoms with Crippen LogP contribution in [0.1, 0.15) is 10.4 Å². The predicted molar refractivity (Wildman–Crippen MR) is 63.9 cm³/mol. The zero-order chi connectivity index (χ0) is 13.7. The van der Waals surface area contributed by atoms with E-state index in [4.69, 9.17) is 16.7 Å². The molecule has 1 rings (SSSR count). The lowest BCUT2D eigenvalue weighted by molar-refractivity contribution is -0.148. The summed E-state index contributed by atoms with van der Waals surface area (Å²) in [5.74, 6) is -1.80. The summed E-state index contributed by atoms with van der Waals surface area (Å²) in [7, 11) is 1.24. The molecule has 0 aliphatic carbocycles. The summed E-state index contributed by atoms with van der Waals surface area (Å²) >= 11 is 5.65. The summed E-state index contributed by atoms with van der Waals surface area (Å²) in [5.41, 5.74) is 0.220. The van der Waals surface area contributed by atoms with E-state index in [0.29, 0.717) is 0 Å². The fourth-order valence-electron chi connectivity index (χ4n) is 1.21. The molecule has 1 aromatic carbocycles. The van der Waals surface area contributed by atoms with Crippen LogP contribution >= 0.6 is 11.6 Å². The molecule has 0 fully saturated rings. The van der Waals surface area contributed by atoms with Crippen molar-refractivity contribution in [1.82, 2.24) is 5.32 Å². The molecule has 1 aromatic rings. The second-order valence-electron chi connectivity index (χ2n) is 3.44. The zero-order valence-electron chi connectivity index (χ0n) is 9.51. The van der Waals surface area contributed by atoms with Crippen LogP contribution in [0, 0.1) is 0 Å². The molecule has 0 aliphatic rings. The summed E-state index contributed by atoms with van der Waals surface area (Å²) in [6.07, 6.45) is -1.11. The van der Waals surface area contributed by atoms with E-state index < -0.39 is 18.0 Å². The Labute approximate surface area is 108 Å². The van der Waals surface area contributed by atoms with Crippen molar-refractivity contribution in [3.8, 4) is 5.75 Å². The van der Waals surface area contributed by atoms with Crippen molar-refractivity contribution in [3.63, 3.8) is 0 Å². The molecule has 0 bridgehead atoms. The van der Waals surface area contributed by atoms with Crippen molar-refractivity contribution in [2.75, 3.05) is 13.7 Å². The highest BCUT2D eigenvalue weighted by Crippen LogP contribution is 2.23. The van der Waals surface area contributed by atoms with Gasteiger partial charge in [-0.25, -0.2) is 4.79 Å². The number of carbonyl (C=O) groups is 2. The molecule has 0 saturated carbocycles. The van der Waals surface area contributed by atoms with Crippen LogP contribution in [0.15, 0.2) is 18.2 Å². The minimum atomic E-state index is -1.17. The average molecular weight is 274 g/mol. The zero-order valence-corrected chi connectivity index (χ0v) is 10.3. The maximum atomic E-state index is 11.7. The summed E-state index contributed by atoms with van der Waals surface area (Å²) in [6.45, 7) is -0.164. The molecule has 0 heterocycles. The number of ether oxygens (including phenoxy) is 1. The van der Waals surface area contributed by atoms with Crippen LogP contribution in [-0.4, -0.2) is 41.8 Å². The first-order valence-corrected chi connectivity index (χ1v) is 5.35. The Morgan fingerprint density at radius 1 is 1.50 bits per heavy atom. The van der Waals surface area contributed by atoms with Crippen molar-refractivity contribution in [3.05, 3.63) is 28.8 Å². The quantitative estimate of drug-likeness (QED) is 0.740. The van der Waals surface area contributed by atoms with E-state index in [9.17, 15) is 14.7 Å². The molecule has 0 aromatic heterocycles. The number of carboxylic acid groups (broad SMARTS) is 1. The van der Waals surface area contributed by atoms with Gasteiger partial charge in [0.25, 0.3) is 5.91 Å². The fraction of sp³-hybridized carbons (Fsp3) is 0.273. The van der Waals surface area contributed by atoms with Gasteiger partial charge in [0.05, 0.1) is 11.6 Å². The van der Waals surface area contributed by atoms with E-state index >= 15 is 0 Å². The number of phenols is 1. The Morgan fingerprint density at radius 2 is 2.17 bits per heavy atom. The lowest BCUT2D eigenvalue weighted by Crippen LogP contribution is -2.37. The molecule has 1 atom stereocenters. The Kier molecular flexibility index (Phi) is 4.94. The Hall–Kier alpha value is -1.79. The van der Waals surface area contributed by atoms with Gasteiger partial charge >= 0.3 is 5.97 Å². The van der Waals surface area contributed by atoms with Gasteiger partial charge < -0.3 is 20.3 Å². The van der Waals surface area contributed by atoms with Crippen LogP contribution in [0.5, 0.6) is 5.75 Å². The SMILES string of the molecule is COC(CNC(=O)c1ccc(O)c(Cl)c1)C(=O)O. The van der Waals surface area contributed by atoms with Crippen molar-refractivity contribution in [2.24, 2.45) is 0 Å². The average Bonchev–Trinajstić information content (AvgIpc) is 2.32. The molecule has 0 saturated heterocycles. The van der Waals surface area contributed by atoms with Crippen LogP contribution in [0.3, 0.4) is 0 Å². The van der Waals surface area contributed by atoms with Crippen LogP contribution in [0.2, 0.25) is 5.02 Å². The monoisotopic (exact) mass is 273 g/mol. The number of phenolic OH excluding ortho intramolecular Hbond substituents is 1. The molecule has 1 amide bonds. The molecular formula is C11H12ClNO5. The molecule has 0 spiro atoms. The lowest BCUT2D eigenvalue weighted by Gasteiger charge is -2.11. The number of methoxy groups -OCH3 is 1. The number of carboxylic acids is 1. The van der Waals surface area contributed by atoms with Gasteiger partial charge in [0, 0.05) is 12.7 Å². The van der Waals surface area contributed by atoms with Gasteiger partial charge in [0.1, 0.15) is 5.75 Å². The summed E-state index contributed by atoms with van der Waals surface area (Å²) in [6, 6.07) is 3.94. The number of hydrogen-bond donors (Lipinski definition) is 3. The predicted octanol–water partition coefficient (Wildman–Crippen LogP) is 0.875. The number of nitrogens with one attached hydrogen (secondary N) is 1. The van der Waals surface area contributed by atoms with Gasteiger partial charge in [-0.2, -0.15) is 0 Å². The minimum Gasteiger partial charge on any atom is -0.506 e. The smallest absolute Gasteiger partial charge is 0.334 e. The summed E-state index contributed by atoms with van der Waals surface area (Å²) in [4.78, 5) is 22.3. The number of benzene rings is 1. The maximum Gasteiger partial charge on any atom is 0.334 e. The Bertz CT molecular complexity index is 463. The molecule has 6 nitrogen and oxygen atoms in total. The summed E-state index contributed by atoms with van der Waals surface area (Å²) in [5, 5.41) is 20.3. The van der Waals surface area contributed by atoms with E-state index in [-0.39, 0.29) is 22.9 Å². The second-order valence-corrected chi connectivity index (χ2v) is 3.85. The van der Waals surface area contributed by atoms with Gasteiger partial charge in [0.15, 0.2) is 6.10 Å². The first kappa shape index (κ1) is 14.3. The number of aliphatic carboxylic acids is 1. The van der Waals surface area contributed by atoms with Gasteiger partial charge in [0.2, 0.25) is 0 Å². The van der Waals surface area contributed by atoms with Crippen LogP contribution < -0.4 is 5.32 Å². The number of carbonyl (C=O) groups excluding carboxylic acids is 1. The third-order valence-electron chi connectivity index (χ3n) is 2.22. The Balaban J connectivity index is 2.65. The standard InChI is InChI=1S/C11H12ClNO5/c1-18-9(11(16)17)5-13-10(15)6-2-3-8(14)7(12)4-6/h2-4,9,14H,5H2,1H3,(H,13,15)(H,16,17). The largest absolute Gasteiger partial charge is 0.506 e. The van der Waals surface area contributed by atoms with Gasteiger partial charge in [-0.15, -0.1) is 0 Å². The molecule has 98 valence electrons. The number of halogens is 1. The number of hydrogen-bond acceptors (Lipinski definition) is 4. The molecule has 3 N–H and O–H groups in total. The Morgan fingerprint density at radius 3 is 2.67 bits per heavy atom. The first-order valence-electron chi connectivity index (χ1n) is 4.98. The van der Waals surface area contributed by atoms with Gasteiger partial charge in [-0.1, -0.05) is 11.6 Å². The molecule has 18 heavy (non-hydrogen) atoms. The van der Waals surface area contributed by atoms with E-state index in [1.165, 1.54) is 25.3 Å². The van der Waals surface area contributed by atoms with E-state index in [1.54, 1.807) is 0 Å². The van der Waals surface area contributed by atoms with Crippen molar-refractivity contribution < 1.29 is 24.5 Å². The third kappa shape index (κ3) is 3.61. The molecule has 7 heteroatoms. The molecule has 0 radical (unpaired) electrons. The molecule has 1 unspecified atom stereocenters. The lowest BCUT2D eigenvalue weighted by atomic mass is 10.2. The van der Waals surface area contributed by atoms with Crippen LogP contribution in [0.25, 0.3) is 0 Å². The molecular weight excluding hydrogens is 262 g/mol. The highest BCUT2D eigenvalue weighted by atomic mass is 35.5. The highest BCUT2D eigenvalue weighted by Gasteiger charge is 2.17. The van der Waals surface area contributed by atoms with Crippen LogP contribution in [-0.2, 0) is 9.53 Å². The summed E-state index contributed by atoms with van der Waals surface area (Å²) < 4.78 is 4.66. The van der Waals surface area contributed by atoms with Crippen LogP contribution in [0.4, 0.5) is 0 Å². The van der Waals surface area contributed by atoms with E-state index in [0.717, 1.165) is 0 Å². The third-order valence-corrected chi connectivity index (χ3v) is 2.52. The van der Waals surface area contributed by atoms with Crippen molar-refractivity contribution in [1.29, 1.82) is 0 Å². The first-order chi connectivity index (χ1) is 8.45. The number of amides is 1. The topological polar surface area (TPSA) is 95.9 Å². The van der Waals surface area contributed by atoms with Crippen molar-refractivity contribution >= 4 is 23.5 Å². The highest BCUT2D eigenvalue weighted by molar-refractivity contribution is 6.32. The fourth-order valence-corrected chi connectivity index (χ4v) is 1.39. The number of aromatic hydroxyl groups is 1. The van der Waals surface area contributed by atoms with E-state index in [1.807, 2.05) is 0 Å². The maximum absolute atomic E-state index is 11.7. The van der Waals surface area contributed by atoms with Gasteiger partial charge in [-0.05, 0) is 18.2 Å². The normalized spacial score (nSPS) is 11.9. The molecule has 0 aliphatic heterocycles. The van der Waals surface area contributed by atoms with Crippen molar-refractivity contribution in [2.45, 2.75) is 6.10 Å².